The van der Waals surface area contributed by atoms with Gasteiger partial charge in [0.05, 0.1) is 22.5 Å². The molecule has 1 amide bonds. The third kappa shape index (κ3) is 3.73. The van der Waals surface area contributed by atoms with E-state index < -0.39 is 0 Å². The maximum absolute atomic E-state index is 13.2. The summed E-state index contributed by atoms with van der Waals surface area (Å²) in [4.78, 5) is 23.7. The number of para-hydroxylation sites is 1. The number of aryl methyl sites for hydroxylation is 2. The smallest absolute Gasteiger partial charge is 0.250 e. The van der Waals surface area contributed by atoms with Gasteiger partial charge in [-0.1, -0.05) is 29.5 Å². The summed E-state index contributed by atoms with van der Waals surface area (Å²) in [6, 6.07) is 13.7. The summed E-state index contributed by atoms with van der Waals surface area (Å²) in [5.74, 6) is -0.0518. The third-order valence-electron chi connectivity index (χ3n) is 4.27. The lowest BCUT2D eigenvalue weighted by molar-refractivity contribution is -0.119. The Morgan fingerprint density at radius 2 is 2.04 bits per heavy atom. The van der Waals surface area contributed by atoms with Crippen molar-refractivity contribution in [2.24, 2.45) is 0 Å². The summed E-state index contributed by atoms with van der Waals surface area (Å²) in [6.07, 6.45) is 3.50. The molecule has 0 aliphatic rings. The Labute approximate surface area is 161 Å². The molecule has 1 aromatic carbocycles. The number of benzene rings is 1. The third-order valence-corrected chi connectivity index (χ3v) is 5.33. The molecule has 0 unspecified atom stereocenters. The van der Waals surface area contributed by atoms with Crippen LogP contribution in [-0.4, -0.2) is 25.7 Å². The lowest BCUT2D eigenvalue weighted by Gasteiger charge is -2.20. The molecule has 0 bridgehead atoms. The van der Waals surface area contributed by atoms with Crippen LogP contribution in [-0.2, 0) is 17.9 Å². The highest BCUT2D eigenvalue weighted by molar-refractivity contribution is 7.22. The Balaban J connectivity index is 1.68. The fourth-order valence-corrected chi connectivity index (χ4v) is 3.94. The molecular weight excluding hydrogens is 358 g/mol. The molecule has 0 atom stereocenters. The van der Waals surface area contributed by atoms with Crippen LogP contribution in [0.5, 0.6) is 0 Å². The van der Waals surface area contributed by atoms with Crippen LogP contribution >= 0.6 is 11.3 Å². The number of hydrogen-bond donors (Lipinski definition) is 0. The predicted molar refractivity (Wildman–Crippen MR) is 107 cm³/mol. The number of rotatable bonds is 5. The number of anilines is 1. The van der Waals surface area contributed by atoms with Crippen LogP contribution in [0.1, 0.15) is 17.0 Å². The number of nitrogens with zero attached hydrogens (tertiary/aromatic N) is 5. The molecule has 136 valence electrons. The van der Waals surface area contributed by atoms with Crippen molar-refractivity contribution >= 4 is 32.6 Å². The summed E-state index contributed by atoms with van der Waals surface area (Å²) >= 11 is 1.52. The quantitative estimate of drug-likeness (QED) is 0.531. The first-order valence-electron chi connectivity index (χ1n) is 8.66. The molecule has 0 saturated heterocycles. The van der Waals surface area contributed by atoms with E-state index in [-0.39, 0.29) is 12.5 Å². The van der Waals surface area contributed by atoms with E-state index in [1.54, 1.807) is 22.0 Å². The molecule has 3 heterocycles. The molecular formula is C20H19N5OS. The average molecular weight is 377 g/mol. The van der Waals surface area contributed by atoms with E-state index in [9.17, 15) is 4.79 Å². The zero-order valence-corrected chi connectivity index (χ0v) is 16.0. The first-order chi connectivity index (χ1) is 13.1. The Morgan fingerprint density at radius 1 is 1.19 bits per heavy atom. The number of thiazole rings is 1. The fourth-order valence-electron chi connectivity index (χ4n) is 2.96. The van der Waals surface area contributed by atoms with E-state index in [1.165, 1.54) is 11.3 Å². The number of aromatic nitrogens is 4. The SMILES string of the molecule is Cc1cc(C)n(CC(=O)N(Cc2cccnc2)c2nc3ccccc3s2)n1. The van der Waals surface area contributed by atoms with Crippen molar-refractivity contribution in [1.82, 2.24) is 19.7 Å². The largest absolute Gasteiger partial charge is 0.282 e. The highest BCUT2D eigenvalue weighted by atomic mass is 32.1. The van der Waals surface area contributed by atoms with Crippen LogP contribution in [0.25, 0.3) is 10.2 Å². The summed E-state index contributed by atoms with van der Waals surface area (Å²) in [7, 11) is 0. The van der Waals surface area contributed by atoms with Gasteiger partial charge >= 0.3 is 0 Å². The maximum atomic E-state index is 13.2. The van der Waals surface area contributed by atoms with Crippen molar-refractivity contribution in [3.63, 3.8) is 0 Å². The van der Waals surface area contributed by atoms with E-state index in [1.807, 2.05) is 56.3 Å². The van der Waals surface area contributed by atoms with Crippen LogP contribution in [0.2, 0.25) is 0 Å². The van der Waals surface area contributed by atoms with Gasteiger partial charge in [-0.2, -0.15) is 5.10 Å². The minimum absolute atomic E-state index is 0.0518. The topological polar surface area (TPSA) is 63.9 Å². The van der Waals surface area contributed by atoms with Crippen LogP contribution in [0.15, 0.2) is 54.9 Å². The van der Waals surface area contributed by atoms with E-state index in [0.29, 0.717) is 11.7 Å². The second kappa shape index (κ2) is 7.28. The molecule has 0 aliphatic carbocycles. The summed E-state index contributed by atoms with van der Waals surface area (Å²) < 4.78 is 2.80. The molecule has 4 rings (SSSR count). The van der Waals surface area contributed by atoms with Gasteiger partial charge in [-0.15, -0.1) is 0 Å². The van der Waals surface area contributed by atoms with Crippen molar-refractivity contribution in [2.75, 3.05) is 4.90 Å². The molecule has 4 aromatic rings. The van der Waals surface area contributed by atoms with Crippen LogP contribution < -0.4 is 4.90 Å². The van der Waals surface area contributed by atoms with Gasteiger partial charge in [0.2, 0.25) is 0 Å². The molecule has 0 spiro atoms. The fraction of sp³-hybridized carbons (Fsp3) is 0.200. The molecule has 7 heteroatoms. The Kier molecular flexibility index (Phi) is 4.68. The number of carbonyl (C=O) groups is 1. The van der Waals surface area contributed by atoms with Crippen molar-refractivity contribution in [3.05, 3.63) is 71.8 Å². The second-order valence-electron chi connectivity index (χ2n) is 6.39. The van der Waals surface area contributed by atoms with E-state index in [4.69, 9.17) is 0 Å². The molecule has 0 N–H and O–H groups in total. The van der Waals surface area contributed by atoms with Crippen molar-refractivity contribution in [1.29, 1.82) is 0 Å². The number of pyridine rings is 1. The van der Waals surface area contributed by atoms with Crippen LogP contribution in [0, 0.1) is 13.8 Å². The maximum Gasteiger partial charge on any atom is 0.250 e. The second-order valence-corrected chi connectivity index (χ2v) is 7.40. The summed E-state index contributed by atoms with van der Waals surface area (Å²) in [5, 5.41) is 5.10. The normalized spacial score (nSPS) is 11.0. The van der Waals surface area contributed by atoms with Gasteiger partial charge in [-0.05, 0) is 43.7 Å². The van der Waals surface area contributed by atoms with Gasteiger partial charge < -0.3 is 0 Å². The molecule has 0 saturated carbocycles. The van der Waals surface area contributed by atoms with Gasteiger partial charge in [0.1, 0.15) is 6.54 Å². The van der Waals surface area contributed by atoms with Gasteiger partial charge in [0.25, 0.3) is 5.91 Å². The van der Waals surface area contributed by atoms with Gasteiger partial charge in [-0.3, -0.25) is 19.4 Å². The Bertz CT molecular complexity index is 1050. The number of carbonyl (C=O) groups excluding carboxylic acids is 1. The predicted octanol–water partition coefficient (Wildman–Crippen LogP) is 3.74. The Hall–Kier alpha value is -3.06. The average Bonchev–Trinajstić information content (AvgIpc) is 3.23. The van der Waals surface area contributed by atoms with Crippen molar-refractivity contribution < 1.29 is 4.79 Å². The minimum Gasteiger partial charge on any atom is -0.282 e. The monoisotopic (exact) mass is 377 g/mol. The summed E-state index contributed by atoms with van der Waals surface area (Å²) in [5.41, 5.74) is 3.72. The van der Waals surface area contributed by atoms with Gasteiger partial charge in [0, 0.05) is 18.1 Å². The van der Waals surface area contributed by atoms with E-state index >= 15 is 0 Å². The van der Waals surface area contributed by atoms with Crippen LogP contribution in [0.4, 0.5) is 5.13 Å². The van der Waals surface area contributed by atoms with Crippen LogP contribution in [0.3, 0.4) is 0 Å². The number of fused-ring (bicyclic) bond motifs is 1. The van der Waals surface area contributed by atoms with Gasteiger partial charge in [-0.25, -0.2) is 4.98 Å². The number of hydrogen-bond acceptors (Lipinski definition) is 5. The van der Waals surface area contributed by atoms with E-state index in [0.717, 1.165) is 27.2 Å². The minimum atomic E-state index is -0.0518. The lowest BCUT2D eigenvalue weighted by Crippen LogP contribution is -2.34. The van der Waals surface area contributed by atoms with Gasteiger partial charge in [0.15, 0.2) is 5.13 Å². The summed E-state index contributed by atoms with van der Waals surface area (Å²) in [6.45, 7) is 4.48. The zero-order valence-electron chi connectivity index (χ0n) is 15.2. The number of amides is 1. The van der Waals surface area contributed by atoms with Crippen molar-refractivity contribution in [3.8, 4) is 0 Å². The standard InChI is InChI=1S/C20H19N5OS/c1-14-10-15(2)25(23-14)13-19(26)24(12-16-6-5-9-21-11-16)20-22-17-7-3-4-8-18(17)27-20/h3-11H,12-13H2,1-2H3. The molecule has 0 aliphatic heterocycles. The molecule has 0 radical (unpaired) electrons. The van der Waals surface area contributed by atoms with E-state index in [2.05, 4.69) is 15.1 Å². The molecule has 3 aromatic heterocycles. The van der Waals surface area contributed by atoms with Crippen molar-refractivity contribution in [2.45, 2.75) is 26.9 Å². The first-order valence-corrected chi connectivity index (χ1v) is 9.48. The molecule has 6 nitrogen and oxygen atoms in total. The molecule has 27 heavy (non-hydrogen) atoms. The zero-order chi connectivity index (χ0) is 18.8. The molecule has 0 fully saturated rings. The first kappa shape index (κ1) is 17.4. The highest BCUT2D eigenvalue weighted by Crippen LogP contribution is 2.29. The Morgan fingerprint density at radius 3 is 2.74 bits per heavy atom. The highest BCUT2D eigenvalue weighted by Gasteiger charge is 2.21. The lowest BCUT2D eigenvalue weighted by atomic mass is 10.2.